The highest BCUT2D eigenvalue weighted by Gasteiger charge is 2.42. The first-order valence-corrected chi connectivity index (χ1v) is 5.32. The van der Waals surface area contributed by atoms with Crippen LogP contribution >= 0.6 is 0 Å². The van der Waals surface area contributed by atoms with Crippen LogP contribution in [0.4, 0.5) is 13.2 Å². The zero-order chi connectivity index (χ0) is 14.2. The second-order valence-electron chi connectivity index (χ2n) is 3.98. The lowest BCUT2D eigenvalue weighted by Crippen LogP contribution is -2.44. The Balaban J connectivity index is 2.29. The van der Waals surface area contributed by atoms with Crippen LogP contribution < -0.4 is 0 Å². The first-order valence-electron chi connectivity index (χ1n) is 5.32. The lowest BCUT2D eigenvalue weighted by Gasteiger charge is -2.30. The van der Waals surface area contributed by atoms with Gasteiger partial charge in [-0.2, -0.15) is 13.2 Å². The molecule has 1 saturated heterocycles. The van der Waals surface area contributed by atoms with Crippen LogP contribution in [0.15, 0.2) is 0 Å². The summed E-state index contributed by atoms with van der Waals surface area (Å²) < 4.78 is 38.6. The Bertz CT molecular complexity index is 521. The molecule has 1 amide bonds. The van der Waals surface area contributed by atoms with Crippen LogP contribution in [-0.4, -0.2) is 50.0 Å². The maximum absolute atomic E-state index is 12.8. The molecule has 0 saturated carbocycles. The number of carboxylic acid groups (broad SMARTS) is 1. The van der Waals surface area contributed by atoms with Gasteiger partial charge in [-0.15, -0.1) is 5.10 Å². The minimum Gasteiger partial charge on any atom is -0.476 e. The van der Waals surface area contributed by atoms with Crippen molar-refractivity contribution in [1.82, 2.24) is 19.9 Å². The normalized spacial score (nSPS) is 15.2. The fourth-order valence-electron chi connectivity index (χ4n) is 1.64. The molecule has 0 aliphatic carbocycles. The molecular formula is C9H9F3N4O3. The van der Waals surface area contributed by atoms with Crippen LogP contribution in [0.1, 0.15) is 22.6 Å². The van der Waals surface area contributed by atoms with Crippen molar-refractivity contribution >= 4 is 11.9 Å². The quantitative estimate of drug-likeness (QED) is 0.854. The molecule has 1 aromatic heterocycles. The summed E-state index contributed by atoms with van der Waals surface area (Å²) in [6.07, 6.45) is -4.14. The van der Waals surface area contributed by atoms with Crippen molar-refractivity contribution in [3.8, 4) is 0 Å². The standard InChI is InChI=1S/C9H9F3N4O3/c10-9(11,12)7-6(8(18)19)13-14-16(7)4-5(17)15-2-1-3-15/h1-4H2,(H,18,19). The number of nitrogens with zero attached hydrogens (tertiary/aromatic N) is 4. The van der Waals surface area contributed by atoms with Crippen molar-refractivity contribution in [1.29, 1.82) is 0 Å². The van der Waals surface area contributed by atoms with Crippen molar-refractivity contribution in [2.24, 2.45) is 0 Å². The van der Waals surface area contributed by atoms with E-state index in [0.717, 1.165) is 6.42 Å². The van der Waals surface area contributed by atoms with Crippen molar-refractivity contribution < 1.29 is 27.9 Å². The van der Waals surface area contributed by atoms with Gasteiger partial charge in [0.2, 0.25) is 11.6 Å². The zero-order valence-electron chi connectivity index (χ0n) is 9.51. The number of rotatable bonds is 3. The van der Waals surface area contributed by atoms with Gasteiger partial charge < -0.3 is 10.0 Å². The number of hydrogen-bond acceptors (Lipinski definition) is 4. The molecule has 10 heteroatoms. The maximum Gasteiger partial charge on any atom is 0.435 e. The van der Waals surface area contributed by atoms with Gasteiger partial charge in [0, 0.05) is 13.1 Å². The summed E-state index contributed by atoms with van der Waals surface area (Å²) in [5.41, 5.74) is -2.72. The molecule has 19 heavy (non-hydrogen) atoms. The van der Waals surface area contributed by atoms with Crippen LogP contribution in [0.25, 0.3) is 0 Å². The van der Waals surface area contributed by atoms with E-state index >= 15 is 0 Å². The highest BCUT2D eigenvalue weighted by Crippen LogP contribution is 2.31. The molecule has 2 heterocycles. The Morgan fingerprint density at radius 1 is 1.32 bits per heavy atom. The summed E-state index contributed by atoms with van der Waals surface area (Å²) in [6, 6.07) is 0. The minimum absolute atomic E-state index is 0.282. The fourth-order valence-corrected chi connectivity index (χ4v) is 1.64. The first-order chi connectivity index (χ1) is 8.80. The second kappa shape index (κ2) is 4.52. The number of amides is 1. The molecule has 0 bridgehead atoms. The highest BCUT2D eigenvalue weighted by atomic mass is 19.4. The average molecular weight is 278 g/mol. The third kappa shape index (κ3) is 2.51. The molecule has 0 radical (unpaired) electrons. The van der Waals surface area contributed by atoms with Crippen molar-refractivity contribution in [3.05, 3.63) is 11.4 Å². The largest absolute Gasteiger partial charge is 0.476 e. The van der Waals surface area contributed by atoms with E-state index in [1.165, 1.54) is 4.90 Å². The van der Waals surface area contributed by atoms with Gasteiger partial charge in [0.25, 0.3) is 0 Å². The van der Waals surface area contributed by atoms with Gasteiger partial charge in [-0.05, 0) is 6.42 Å². The maximum atomic E-state index is 12.8. The Morgan fingerprint density at radius 3 is 2.37 bits per heavy atom. The molecule has 1 aromatic rings. The van der Waals surface area contributed by atoms with Gasteiger partial charge in [0.1, 0.15) is 6.54 Å². The van der Waals surface area contributed by atoms with Crippen LogP contribution in [0.5, 0.6) is 0 Å². The molecule has 7 nitrogen and oxygen atoms in total. The second-order valence-corrected chi connectivity index (χ2v) is 3.98. The summed E-state index contributed by atoms with van der Waals surface area (Å²) in [6.45, 7) is 0.302. The predicted molar refractivity (Wildman–Crippen MR) is 53.2 cm³/mol. The Hall–Kier alpha value is -2.13. The van der Waals surface area contributed by atoms with E-state index in [1.54, 1.807) is 0 Å². The number of carbonyl (C=O) groups is 2. The summed E-state index contributed by atoms with van der Waals surface area (Å²) in [5, 5.41) is 14.7. The average Bonchev–Trinajstić information content (AvgIpc) is 2.57. The number of hydrogen-bond donors (Lipinski definition) is 1. The van der Waals surface area contributed by atoms with Crippen LogP contribution in [0.2, 0.25) is 0 Å². The smallest absolute Gasteiger partial charge is 0.435 e. The van der Waals surface area contributed by atoms with Crippen molar-refractivity contribution in [2.75, 3.05) is 13.1 Å². The monoisotopic (exact) mass is 278 g/mol. The summed E-state index contributed by atoms with van der Waals surface area (Å²) >= 11 is 0. The van der Waals surface area contributed by atoms with Gasteiger partial charge in [-0.25, -0.2) is 9.48 Å². The highest BCUT2D eigenvalue weighted by molar-refractivity contribution is 5.87. The lowest BCUT2D eigenvalue weighted by molar-refractivity contribution is -0.146. The minimum atomic E-state index is -4.94. The van der Waals surface area contributed by atoms with E-state index in [9.17, 15) is 22.8 Å². The molecule has 0 unspecified atom stereocenters. The lowest BCUT2D eigenvalue weighted by atomic mass is 10.2. The first kappa shape index (κ1) is 13.3. The molecule has 0 atom stereocenters. The van der Waals surface area contributed by atoms with E-state index in [-0.39, 0.29) is 4.68 Å². The van der Waals surface area contributed by atoms with Crippen molar-refractivity contribution in [3.63, 3.8) is 0 Å². The number of halogens is 3. The number of carboxylic acids is 1. The molecule has 1 fully saturated rings. The SMILES string of the molecule is O=C(O)c1nnn(CC(=O)N2CCC2)c1C(F)(F)F. The number of aromatic carboxylic acids is 1. The topological polar surface area (TPSA) is 88.3 Å². The van der Waals surface area contributed by atoms with Gasteiger partial charge in [0.15, 0.2) is 5.69 Å². The van der Waals surface area contributed by atoms with E-state index < -0.39 is 36.0 Å². The third-order valence-corrected chi connectivity index (χ3v) is 2.70. The van der Waals surface area contributed by atoms with E-state index in [4.69, 9.17) is 5.11 Å². The predicted octanol–water partition coefficient (Wildman–Crippen LogP) is 0.227. The zero-order valence-corrected chi connectivity index (χ0v) is 9.51. The Morgan fingerprint density at radius 2 is 1.95 bits per heavy atom. The van der Waals surface area contributed by atoms with Crippen LogP contribution in [-0.2, 0) is 17.5 Å². The van der Waals surface area contributed by atoms with Crippen molar-refractivity contribution in [2.45, 2.75) is 19.1 Å². The molecule has 1 aliphatic heterocycles. The number of carbonyl (C=O) groups excluding carboxylic acids is 1. The molecule has 1 aliphatic rings. The third-order valence-electron chi connectivity index (χ3n) is 2.70. The summed E-state index contributed by atoms with van der Waals surface area (Å²) in [7, 11) is 0. The molecule has 1 N–H and O–H groups in total. The summed E-state index contributed by atoms with van der Waals surface area (Å²) in [5.74, 6) is -2.38. The number of aromatic nitrogens is 3. The van der Waals surface area contributed by atoms with Gasteiger partial charge in [0.05, 0.1) is 0 Å². The van der Waals surface area contributed by atoms with E-state index in [2.05, 4.69) is 10.3 Å². The molecule has 0 aromatic carbocycles. The molecular weight excluding hydrogens is 269 g/mol. The molecule has 104 valence electrons. The Kier molecular flexibility index (Phi) is 3.16. The fraction of sp³-hybridized carbons (Fsp3) is 0.556. The molecule has 2 rings (SSSR count). The number of likely N-dealkylation sites (tertiary alicyclic amines) is 1. The van der Waals surface area contributed by atoms with Gasteiger partial charge in [-0.3, -0.25) is 4.79 Å². The van der Waals surface area contributed by atoms with E-state index in [1.807, 2.05) is 0 Å². The summed E-state index contributed by atoms with van der Waals surface area (Å²) in [4.78, 5) is 23.6. The van der Waals surface area contributed by atoms with Gasteiger partial charge in [-0.1, -0.05) is 5.21 Å². The molecule has 0 spiro atoms. The number of alkyl halides is 3. The Labute approximate surface area is 104 Å². The van der Waals surface area contributed by atoms with Crippen LogP contribution in [0, 0.1) is 0 Å². The van der Waals surface area contributed by atoms with Crippen LogP contribution in [0.3, 0.4) is 0 Å². The van der Waals surface area contributed by atoms with E-state index in [0.29, 0.717) is 13.1 Å². The van der Waals surface area contributed by atoms with Gasteiger partial charge >= 0.3 is 12.1 Å².